The van der Waals surface area contributed by atoms with Crippen molar-refractivity contribution in [1.29, 1.82) is 0 Å². The molecule has 4 aliphatic rings. The molecule has 0 radical (unpaired) electrons. The van der Waals surface area contributed by atoms with E-state index >= 15 is 0 Å². The fourth-order valence-corrected chi connectivity index (χ4v) is 5.92. The summed E-state index contributed by atoms with van der Waals surface area (Å²) in [5.41, 5.74) is 0.404. The first kappa shape index (κ1) is 17.7. The van der Waals surface area contributed by atoms with Crippen molar-refractivity contribution in [1.82, 2.24) is 0 Å². The lowest BCUT2D eigenvalue weighted by atomic mass is 9.46. The van der Waals surface area contributed by atoms with E-state index < -0.39 is 18.4 Å². The predicted octanol–water partition coefficient (Wildman–Crippen LogP) is 1.85. The molecule has 0 bridgehead atoms. The van der Waals surface area contributed by atoms with E-state index in [1.807, 2.05) is 6.08 Å². The van der Waals surface area contributed by atoms with Crippen molar-refractivity contribution in [2.75, 3.05) is 0 Å². The molecule has 2 N–H and O–H groups in total. The minimum absolute atomic E-state index is 0.118. The average Bonchev–Trinajstić information content (AvgIpc) is 3.02. The van der Waals surface area contributed by atoms with Crippen molar-refractivity contribution >= 4 is 11.9 Å². The predicted molar refractivity (Wildman–Crippen MR) is 91.5 cm³/mol. The Bertz CT molecular complexity index is 724. The number of aliphatic hydroxyl groups is 2. The van der Waals surface area contributed by atoms with Gasteiger partial charge in [0.05, 0.1) is 6.10 Å². The molecular weight excluding hydrogens is 336 g/mol. The van der Waals surface area contributed by atoms with E-state index in [2.05, 4.69) is 20.8 Å². The molecule has 1 saturated carbocycles. The zero-order valence-electron chi connectivity index (χ0n) is 15.4. The van der Waals surface area contributed by atoms with Crippen molar-refractivity contribution in [2.45, 2.75) is 65.0 Å². The molecule has 0 aromatic rings. The summed E-state index contributed by atoms with van der Waals surface area (Å²) in [5.74, 6) is -0.424. The van der Waals surface area contributed by atoms with Gasteiger partial charge in [0.1, 0.15) is 6.10 Å². The van der Waals surface area contributed by atoms with Gasteiger partial charge in [-0.05, 0) is 42.9 Å². The van der Waals surface area contributed by atoms with Crippen molar-refractivity contribution in [2.24, 2.45) is 22.7 Å². The number of hydrogen-bond donors (Lipinski definition) is 2. The van der Waals surface area contributed by atoms with Crippen molar-refractivity contribution < 1.29 is 29.3 Å². The largest absolute Gasteiger partial charge is 0.458 e. The minimum Gasteiger partial charge on any atom is -0.458 e. The number of aliphatic hydroxyl groups excluding tert-OH is 2. The van der Waals surface area contributed by atoms with Crippen LogP contribution < -0.4 is 0 Å². The standard InChI is InChI=1S/C20H26O6/c1-10-7-15-20(3)12(18(24)25-15)5-4-6-14(20)19(10,2)9-13(21)11-8-16(22)26-17(11)23/h5,8,10,13-15,17,21,23H,4,6-7,9H2,1-3H3/t10-,13+,14-,15+,17+,19+,20-/m0/s1. The van der Waals surface area contributed by atoms with Gasteiger partial charge in [0.25, 0.3) is 0 Å². The highest BCUT2D eigenvalue weighted by Gasteiger charge is 2.64. The molecule has 6 heteroatoms. The van der Waals surface area contributed by atoms with Gasteiger partial charge >= 0.3 is 11.9 Å². The van der Waals surface area contributed by atoms with E-state index in [-0.39, 0.29) is 40.3 Å². The summed E-state index contributed by atoms with van der Waals surface area (Å²) in [7, 11) is 0. The van der Waals surface area contributed by atoms with E-state index in [9.17, 15) is 19.8 Å². The molecule has 0 spiro atoms. The highest BCUT2D eigenvalue weighted by molar-refractivity contribution is 5.93. The molecule has 142 valence electrons. The number of cyclic esters (lactones) is 1. The first-order chi connectivity index (χ1) is 12.2. The third-order valence-corrected chi connectivity index (χ3v) is 7.55. The Morgan fingerprint density at radius 3 is 2.69 bits per heavy atom. The Morgan fingerprint density at radius 2 is 2.04 bits per heavy atom. The number of allylic oxidation sites excluding steroid dienone is 1. The monoisotopic (exact) mass is 362 g/mol. The summed E-state index contributed by atoms with van der Waals surface area (Å²) < 4.78 is 10.4. The van der Waals surface area contributed by atoms with E-state index in [1.165, 1.54) is 6.08 Å². The van der Waals surface area contributed by atoms with Gasteiger partial charge in [-0.15, -0.1) is 0 Å². The second-order valence-electron chi connectivity index (χ2n) is 8.72. The average molecular weight is 362 g/mol. The van der Waals surface area contributed by atoms with Crippen LogP contribution in [0.1, 0.15) is 46.5 Å². The molecule has 2 heterocycles. The summed E-state index contributed by atoms with van der Waals surface area (Å²) in [4.78, 5) is 23.7. The smallest absolute Gasteiger partial charge is 0.334 e. The van der Waals surface area contributed by atoms with E-state index in [4.69, 9.17) is 9.47 Å². The SMILES string of the molecule is C[C@H]1C[C@H]2OC(=O)C3=CCC[C@@H]([C@]1(C)C[C@@H](O)C1=CC(=O)O[C@H]1O)[C@]32C. The summed E-state index contributed by atoms with van der Waals surface area (Å²) >= 11 is 0. The number of carbonyl (C=O) groups is 2. The second-order valence-corrected chi connectivity index (χ2v) is 8.72. The van der Waals surface area contributed by atoms with Gasteiger partial charge in [-0.25, -0.2) is 9.59 Å². The van der Waals surface area contributed by atoms with Crippen LogP contribution in [0.3, 0.4) is 0 Å². The van der Waals surface area contributed by atoms with Crippen LogP contribution in [0.2, 0.25) is 0 Å². The maximum absolute atomic E-state index is 12.3. The molecule has 4 rings (SSSR count). The summed E-state index contributed by atoms with van der Waals surface area (Å²) in [6, 6.07) is 0. The normalized spacial score (nSPS) is 45.4. The Labute approximate surface area is 152 Å². The van der Waals surface area contributed by atoms with Crippen LogP contribution in [0, 0.1) is 22.7 Å². The first-order valence-electron chi connectivity index (χ1n) is 9.37. The molecule has 0 unspecified atom stereocenters. The number of carbonyl (C=O) groups excluding carboxylic acids is 2. The van der Waals surface area contributed by atoms with Crippen LogP contribution >= 0.6 is 0 Å². The quantitative estimate of drug-likeness (QED) is 0.745. The maximum atomic E-state index is 12.3. The Kier molecular flexibility index (Phi) is 3.87. The highest BCUT2D eigenvalue weighted by atomic mass is 16.6. The molecule has 0 aromatic heterocycles. The van der Waals surface area contributed by atoms with Crippen molar-refractivity contribution in [3.63, 3.8) is 0 Å². The van der Waals surface area contributed by atoms with Gasteiger partial charge in [-0.2, -0.15) is 0 Å². The molecule has 26 heavy (non-hydrogen) atoms. The molecule has 7 atom stereocenters. The lowest BCUT2D eigenvalue weighted by Gasteiger charge is -2.57. The molecule has 2 aliphatic carbocycles. The van der Waals surface area contributed by atoms with Gasteiger partial charge in [0.15, 0.2) is 0 Å². The second kappa shape index (κ2) is 5.67. The summed E-state index contributed by atoms with van der Waals surface area (Å²) in [5, 5.41) is 20.6. The fraction of sp³-hybridized carbons (Fsp3) is 0.700. The van der Waals surface area contributed by atoms with Crippen LogP contribution in [-0.4, -0.2) is 40.6 Å². The zero-order chi connectivity index (χ0) is 18.9. The van der Waals surface area contributed by atoms with Crippen molar-refractivity contribution in [3.8, 4) is 0 Å². The van der Waals surface area contributed by atoms with Gasteiger partial charge < -0.3 is 19.7 Å². The maximum Gasteiger partial charge on any atom is 0.334 e. The number of rotatable bonds is 3. The first-order valence-corrected chi connectivity index (χ1v) is 9.37. The third kappa shape index (κ3) is 2.24. The molecule has 2 aliphatic heterocycles. The Hall–Kier alpha value is -1.66. The van der Waals surface area contributed by atoms with Gasteiger partial charge in [0, 0.05) is 22.6 Å². The number of esters is 2. The van der Waals surface area contributed by atoms with E-state index in [0.29, 0.717) is 6.42 Å². The van der Waals surface area contributed by atoms with Crippen LogP contribution in [0.5, 0.6) is 0 Å². The van der Waals surface area contributed by atoms with Crippen LogP contribution in [0.25, 0.3) is 0 Å². The Balaban J connectivity index is 1.67. The van der Waals surface area contributed by atoms with E-state index in [0.717, 1.165) is 24.8 Å². The summed E-state index contributed by atoms with van der Waals surface area (Å²) in [6.07, 6.45) is 3.65. The molecule has 0 amide bonds. The summed E-state index contributed by atoms with van der Waals surface area (Å²) in [6.45, 7) is 6.41. The van der Waals surface area contributed by atoms with Gasteiger partial charge in [0.2, 0.25) is 6.29 Å². The van der Waals surface area contributed by atoms with E-state index in [1.54, 1.807) is 0 Å². The lowest BCUT2D eigenvalue weighted by Crippen LogP contribution is -2.55. The molecule has 2 fully saturated rings. The topological polar surface area (TPSA) is 93.1 Å². The minimum atomic E-state index is -1.37. The van der Waals surface area contributed by atoms with Crippen LogP contribution in [0.15, 0.2) is 23.3 Å². The zero-order valence-corrected chi connectivity index (χ0v) is 15.4. The fourth-order valence-electron chi connectivity index (χ4n) is 5.92. The van der Waals surface area contributed by atoms with Gasteiger partial charge in [-0.3, -0.25) is 0 Å². The highest BCUT2D eigenvalue weighted by Crippen LogP contribution is 2.65. The third-order valence-electron chi connectivity index (χ3n) is 7.55. The van der Waals surface area contributed by atoms with Crippen molar-refractivity contribution in [3.05, 3.63) is 23.3 Å². The van der Waals surface area contributed by atoms with Gasteiger partial charge in [-0.1, -0.05) is 26.8 Å². The van der Waals surface area contributed by atoms with Crippen LogP contribution in [0.4, 0.5) is 0 Å². The number of ether oxygens (including phenoxy) is 2. The molecule has 6 nitrogen and oxygen atoms in total. The Morgan fingerprint density at radius 1 is 1.31 bits per heavy atom. The number of hydrogen-bond acceptors (Lipinski definition) is 6. The molecule has 0 aromatic carbocycles. The lowest BCUT2D eigenvalue weighted by molar-refractivity contribution is -0.155. The molecular formula is C20H26O6. The molecule has 1 saturated heterocycles. The van der Waals surface area contributed by atoms with Crippen LogP contribution in [-0.2, 0) is 19.1 Å².